The molecule has 1 aromatic rings. The number of piperidine rings is 1. The highest BCUT2D eigenvalue weighted by Crippen LogP contribution is 2.61. The lowest BCUT2D eigenvalue weighted by molar-refractivity contribution is -0.950. The summed E-state index contributed by atoms with van der Waals surface area (Å²) in [6.45, 7) is 2.19. The van der Waals surface area contributed by atoms with Crippen LogP contribution in [0, 0.1) is 5.92 Å². The number of aromatic hydroxyl groups is 1. The van der Waals surface area contributed by atoms with Crippen LogP contribution in [0.25, 0.3) is 0 Å². The maximum absolute atomic E-state index is 12.2. The molecule has 4 N–H and O–H groups in total. The van der Waals surface area contributed by atoms with E-state index in [2.05, 4.69) is 7.05 Å². The number of carbonyl (C=O) groups excluding carboxylic acids is 1. The lowest BCUT2D eigenvalue weighted by Gasteiger charge is -2.65. The molecule has 1 aliphatic heterocycles. The number of nitrogens with two attached hydrogens (primary N) is 1. The van der Waals surface area contributed by atoms with Gasteiger partial charge in [-0.15, -0.1) is 0 Å². The van der Waals surface area contributed by atoms with Gasteiger partial charge in [0.25, 0.3) is 5.91 Å². The number of fused-ring (bicyclic) bond motifs is 1. The number of benzene rings is 1. The Kier molecular flexibility index (Phi) is 3.55. The average Bonchev–Trinajstić information content (AvgIpc) is 3.42. The predicted molar refractivity (Wildman–Crippen MR) is 102 cm³/mol. The van der Waals surface area contributed by atoms with Crippen LogP contribution < -0.4 is 5.73 Å². The molecule has 4 atom stereocenters. The van der Waals surface area contributed by atoms with Gasteiger partial charge in [0, 0.05) is 29.7 Å². The molecule has 0 radical (unpaired) electrons. The Hall–Kier alpha value is -1.59. The summed E-state index contributed by atoms with van der Waals surface area (Å²) < 4.78 is 0.945. The molecule has 2 bridgehead atoms. The number of quaternary nitrogens is 1. The zero-order valence-corrected chi connectivity index (χ0v) is 16.2. The number of nitrogens with zero attached hydrogens (tertiary/aromatic N) is 1. The summed E-state index contributed by atoms with van der Waals surface area (Å²) in [4.78, 5) is 11.8. The van der Waals surface area contributed by atoms with Gasteiger partial charge in [-0.25, -0.2) is 0 Å². The standard InChI is InChI=1S/C22H30N2O3/c1-24(13-14-4-5-14)11-10-21-8-2-3-9-22(21,27)17(24)12-15-6-7-16(20(23)26)19(25)18(15)21/h6-7,14,17,27H,2-5,8-13H2,1H3,(H2-,23,25,26)/p+1/t17-,21+,22-,24?/m1/s1. The molecule has 1 aromatic carbocycles. The molecule has 1 amide bonds. The fourth-order valence-electron chi connectivity index (χ4n) is 6.93. The van der Waals surface area contributed by atoms with Gasteiger partial charge in [-0.3, -0.25) is 4.79 Å². The Morgan fingerprint density at radius 3 is 2.70 bits per heavy atom. The van der Waals surface area contributed by atoms with Crippen LogP contribution in [0.2, 0.25) is 0 Å². The van der Waals surface area contributed by atoms with Gasteiger partial charge in [0.1, 0.15) is 17.4 Å². The normalized spacial score (nSPS) is 40.1. The highest BCUT2D eigenvalue weighted by molar-refractivity contribution is 5.96. The molecule has 4 aliphatic rings. The van der Waals surface area contributed by atoms with E-state index < -0.39 is 16.9 Å². The Bertz CT molecular complexity index is 820. The summed E-state index contributed by atoms with van der Waals surface area (Å²) in [5.41, 5.74) is 6.38. The number of likely N-dealkylation sites (N-methyl/N-ethyl adjacent to an activating group) is 1. The lowest BCUT2D eigenvalue weighted by Crippen LogP contribution is -2.77. The molecule has 0 spiro atoms. The van der Waals surface area contributed by atoms with Crippen LogP contribution >= 0.6 is 0 Å². The molecule has 146 valence electrons. The summed E-state index contributed by atoms with van der Waals surface area (Å²) in [6.07, 6.45) is 8.04. The largest absolute Gasteiger partial charge is 0.507 e. The number of likely N-dealkylation sites (tertiary alicyclic amines) is 1. The van der Waals surface area contributed by atoms with Gasteiger partial charge in [-0.2, -0.15) is 0 Å². The van der Waals surface area contributed by atoms with E-state index in [1.165, 1.54) is 12.8 Å². The van der Waals surface area contributed by atoms with Crippen molar-refractivity contribution in [3.63, 3.8) is 0 Å². The summed E-state index contributed by atoms with van der Waals surface area (Å²) in [5.74, 6) is 0.233. The maximum atomic E-state index is 12.2. The zero-order chi connectivity index (χ0) is 19.0. The topological polar surface area (TPSA) is 83.5 Å². The van der Waals surface area contributed by atoms with Crippen LogP contribution in [0.4, 0.5) is 0 Å². The molecule has 2 saturated carbocycles. The predicted octanol–water partition coefficient (Wildman–Crippen LogP) is 2.22. The van der Waals surface area contributed by atoms with Gasteiger partial charge >= 0.3 is 0 Å². The fourth-order valence-corrected chi connectivity index (χ4v) is 6.93. The van der Waals surface area contributed by atoms with Crippen LogP contribution in [-0.4, -0.2) is 52.4 Å². The van der Waals surface area contributed by atoms with E-state index in [1.807, 2.05) is 6.07 Å². The summed E-state index contributed by atoms with van der Waals surface area (Å²) in [7, 11) is 2.34. The smallest absolute Gasteiger partial charge is 0.252 e. The molecule has 1 saturated heterocycles. The number of phenols is 1. The molecule has 3 aliphatic carbocycles. The number of carbonyl (C=O) groups is 1. The second-order valence-electron chi connectivity index (χ2n) is 9.87. The second kappa shape index (κ2) is 5.48. The number of hydrogen-bond donors (Lipinski definition) is 3. The number of amides is 1. The minimum Gasteiger partial charge on any atom is -0.507 e. The Balaban J connectivity index is 1.71. The first-order chi connectivity index (χ1) is 12.8. The molecular formula is C22H31N2O3+. The fraction of sp³-hybridized carbons (Fsp3) is 0.682. The molecule has 5 nitrogen and oxygen atoms in total. The minimum atomic E-state index is -0.812. The lowest BCUT2D eigenvalue weighted by atomic mass is 9.48. The first-order valence-corrected chi connectivity index (χ1v) is 10.5. The average molecular weight is 372 g/mol. The first kappa shape index (κ1) is 17.5. The van der Waals surface area contributed by atoms with Gasteiger partial charge in [0.15, 0.2) is 0 Å². The molecule has 1 heterocycles. The summed E-state index contributed by atoms with van der Waals surface area (Å²) in [6, 6.07) is 3.81. The van der Waals surface area contributed by atoms with Crippen molar-refractivity contribution in [2.75, 3.05) is 20.1 Å². The Labute approximate surface area is 160 Å². The first-order valence-electron chi connectivity index (χ1n) is 10.5. The molecular weight excluding hydrogens is 340 g/mol. The third-order valence-corrected chi connectivity index (χ3v) is 8.39. The van der Waals surface area contributed by atoms with E-state index in [9.17, 15) is 15.0 Å². The number of primary amides is 1. The highest BCUT2D eigenvalue weighted by atomic mass is 16.3. The van der Waals surface area contributed by atoms with E-state index >= 15 is 0 Å². The second-order valence-corrected chi connectivity index (χ2v) is 9.87. The highest BCUT2D eigenvalue weighted by Gasteiger charge is 2.69. The van der Waals surface area contributed by atoms with Crippen molar-refractivity contribution in [2.24, 2.45) is 11.7 Å². The van der Waals surface area contributed by atoms with Crippen molar-refractivity contribution in [1.29, 1.82) is 0 Å². The summed E-state index contributed by atoms with van der Waals surface area (Å²) in [5, 5.41) is 23.2. The molecule has 5 heteroatoms. The molecule has 27 heavy (non-hydrogen) atoms. The van der Waals surface area contributed by atoms with Crippen molar-refractivity contribution in [3.05, 3.63) is 28.8 Å². The van der Waals surface area contributed by atoms with Crippen LogP contribution in [0.1, 0.15) is 66.4 Å². The number of aliphatic hydroxyl groups is 1. The van der Waals surface area contributed by atoms with Gasteiger partial charge in [0.05, 0.1) is 25.7 Å². The number of hydrogen-bond acceptors (Lipinski definition) is 3. The van der Waals surface area contributed by atoms with Crippen molar-refractivity contribution in [2.45, 2.75) is 68.4 Å². The Morgan fingerprint density at radius 1 is 1.26 bits per heavy atom. The van der Waals surface area contributed by atoms with Crippen molar-refractivity contribution >= 4 is 5.91 Å². The van der Waals surface area contributed by atoms with E-state index in [4.69, 9.17) is 5.73 Å². The molecule has 0 aromatic heterocycles. The number of rotatable bonds is 3. The van der Waals surface area contributed by atoms with Gasteiger partial charge in [-0.1, -0.05) is 18.9 Å². The SMILES string of the molecule is C[N+]1(CC2CC2)CC[C@]23CCCC[C@@]2(O)[C@H]1Cc1ccc(C(N)=O)c(O)c13. The van der Waals surface area contributed by atoms with E-state index in [-0.39, 0.29) is 17.4 Å². The Morgan fingerprint density at radius 2 is 2.00 bits per heavy atom. The molecule has 1 unspecified atom stereocenters. The van der Waals surface area contributed by atoms with Crippen LogP contribution in [0.15, 0.2) is 12.1 Å². The van der Waals surface area contributed by atoms with E-state index in [0.717, 1.165) is 73.1 Å². The van der Waals surface area contributed by atoms with Crippen molar-refractivity contribution in [3.8, 4) is 5.75 Å². The minimum absolute atomic E-state index is 0.0251. The van der Waals surface area contributed by atoms with Gasteiger partial charge in [0.2, 0.25) is 0 Å². The van der Waals surface area contributed by atoms with E-state index in [0.29, 0.717) is 0 Å². The van der Waals surface area contributed by atoms with Gasteiger partial charge < -0.3 is 20.4 Å². The third-order valence-electron chi connectivity index (χ3n) is 8.39. The van der Waals surface area contributed by atoms with Crippen LogP contribution in [0.5, 0.6) is 5.75 Å². The van der Waals surface area contributed by atoms with Crippen molar-refractivity contribution < 1.29 is 19.5 Å². The zero-order valence-electron chi connectivity index (χ0n) is 16.2. The summed E-state index contributed by atoms with van der Waals surface area (Å²) >= 11 is 0. The maximum Gasteiger partial charge on any atom is 0.252 e. The molecule has 3 fully saturated rings. The monoisotopic (exact) mass is 371 g/mol. The quantitative estimate of drug-likeness (QED) is 0.713. The molecule has 5 rings (SSSR count). The van der Waals surface area contributed by atoms with Crippen LogP contribution in [-0.2, 0) is 11.8 Å². The van der Waals surface area contributed by atoms with Gasteiger partial charge in [-0.05, 0) is 37.3 Å². The van der Waals surface area contributed by atoms with E-state index in [1.54, 1.807) is 6.07 Å². The third kappa shape index (κ3) is 2.21. The van der Waals surface area contributed by atoms with Crippen LogP contribution in [0.3, 0.4) is 0 Å². The van der Waals surface area contributed by atoms with Crippen molar-refractivity contribution in [1.82, 2.24) is 0 Å².